The number of amides is 1. The first-order chi connectivity index (χ1) is 31.3. The van der Waals surface area contributed by atoms with Gasteiger partial charge in [0.25, 0.3) is 0 Å². The Labute approximate surface area is 392 Å². The number of carbonyl (C=O) groups is 3. The molecule has 1 fully saturated rings. The molecular formula is C55H97NO8. The van der Waals surface area contributed by atoms with Gasteiger partial charge in [-0.15, -0.1) is 0 Å². The van der Waals surface area contributed by atoms with Gasteiger partial charge < -0.3 is 29.4 Å². The van der Waals surface area contributed by atoms with Gasteiger partial charge in [0.05, 0.1) is 19.1 Å². The fourth-order valence-electron chi connectivity index (χ4n) is 8.86. The van der Waals surface area contributed by atoms with Crippen molar-refractivity contribution >= 4 is 17.8 Å². The van der Waals surface area contributed by atoms with Gasteiger partial charge in [-0.3, -0.25) is 14.4 Å². The van der Waals surface area contributed by atoms with E-state index in [1.165, 1.54) is 141 Å². The molecule has 64 heavy (non-hydrogen) atoms. The molecule has 0 aliphatic carbocycles. The number of unbranched alkanes of at least 4 members (excludes halogenated alkanes) is 28. The van der Waals surface area contributed by atoms with E-state index in [4.69, 9.17) is 18.9 Å². The molecule has 1 amide bonds. The third kappa shape index (κ3) is 29.2. The van der Waals surface area contributed by atoms with Gasteiger partial charge in [0.15, 0.2) is 12.4 Å². The second kappa shape index (κ2) is 39.7. The van der Waals surface area contributed by atoms with Gasteiger partial charge in [0.2, 0.25) is 5.91 Å². The molecule has 0 bridgehead atoms. The highest BCUT2D eigenvalue weighted by Crippen LogP contribution is 2.27. The van der Waals surface area contributed by atoms with Crippen LogP contribution in [0.5, 0.6) is 0 Å². The molecule has 6 atom stereocenters. The quantitative estimate of drug-likeness (QED) is 0.0492. The highest BCUT2D eigenvalue weighted by atomic mass is 16.7. The summed E-state index contributed by atoms with van der Waals surface area (Å²) >= 11 is 0. The molecule has 1 saturated heterocycles. The first-order valence-corrected chi connectivity index (χ1v) is 27.0. The van der Waals surface area contributed by atoms with E-state index in [0.717, 1.165) is 56.9 Å². The summed E-state index contributed by atoms with van der Waals surface area (Å²) in [7, 11) is 0. The summed E-state index contributed by atoms with van der Waals surface area (Å²) < 4.78 is 24.5. The molecule has 1 aliphatic rings. The molecule has 1 aliphatic heterocycles. The molecule has 1 heterocycles. The molecule has 0 spiro atoms. The van der Waals surface area contributed by atoms with E-state index < -0.39 is 42.7 Å². The van der Waals surface area contributed by atoms with Crippen LogP contribution in [0, 0.1) is 0 Å². The van der Waals surface area contributed by atoms with Gasteiger partial charge in [-0.2, -0.15) is 0 Å². The second-order valence-corrected chi connectivity index (χ2v) is 19.0. The fraction of sp³-hybridized carbons (Fsp3) is 0.836. The topological polar surface area (TPSA) is 120 Å². The Hall–Kier alpha value is -2.49. The lowest BCUT2D eigenvalue weighted by Crippen LogP contribution is -2.64. The van der Waals surface area contributed by atoms with Crippen molar-refractivity contribution in [2.24, 2.45) is 0 Å². The van der Waals surface area contributed by atoms with Crippen LogP contribution < -0.4 is 5.32 Å². The van der Waals surface area contributed by atoms with Crippen LogP contribution >= 0.6 is 0 Å². The zero-order valence-corrected chi connectivity index (χ0v) is 41.6. The number of hydrogen-bond acceptors (Lipinski definition) is 8. The van der Waals surface area contributed by atoms with E-state index in [1.807, 2.05) is 30.3 Å². The van der Waals surface area contributed by atoms with Crippen molar-refractivity contribution in [2.75, 3.05) is 0 Å². The summed E-state index contributed by atoms with van der Waals surface area (Å²) in [6.45, 7) is 8.66. The molecule has 0 aromatic heterocycles. The predicted octanol–water partition coefficient (Wildman–Crippen LogP) is 14.3. The third-order valence-electron chi connectivity index (χ3n) is 13.0. The minimum absolute atomic E-state index is 0.0338. The summed E-state index contributed by atoms with van der Waals surface area (Å²) in [6, 6.07) is 8.71. The Morgan fingerprint density at radius 1 is 0.594 bits per heavy atom. The van der Waals surface area contributed by atoms with Crippen molar-refractivity contribution in [2.45, 2.75) is 296 Å². The number of carbonyl (C=O) groups excluding carboxylic acids is 3. The van der Waals surface area contributed by atoms with Crippen molar-refractivity contribution in [3.63, 3.8) is 0 Å². The van der Waals surface area contributed by atoms with Crippen LogP contribution in [0.15, 0.2) is 30.3 Å². The number of aliphatic hydroxyl groups is 1. The van der Waals surface area contributed by atoms with Crippen LogP contribution in [0.3, 0.4) is 0 Å². The maximum Gasteiger partial charge on any atom is 0.306 e. The Morgan fingerprint density at radius 2 is 1.02 bits per heavy atom. The number of aliphatic hydroxyl groups excluding tert-OH is 1. The summed E-state index contributed by atoms with van der Waals surface area (Å²) in [5.41, 5.74) is 0.922. The lowest BCUT2D eigenvalue weighted by atomic mass is 9.96. The van der Waals surface area contributed by atoms with Crippen LogP contribution in [0.4, 0.5) is 0 Å². The Balaban J connectivity index is 2.02. The molecule has 9 nitrogen and oxygen atoms in total. The molecule has 0 radical (unpaired) electrons. The zero-order valence-electron chi connectivity index (χ0n) is 41.6. The fourth-order valence-corrected chi connectivity index (χ4v) is 8.86. The van der Waals surface area contributed by atoms with E-state index >= 15 is 0 Å². The molecule has 0 saturated carbocycles. The van der Waals surface area contributed by atoms with Crippen molar-refractivity contribution in [3.05, 3.63) is 35.9 Å². The number of hydrogen-bond donors (Lipinski definition) is 2. The zero-order chi connectivity index (χ0) is 46.3. The van der Waals surface area contributed by atoms with Crippen molar-refractivity contribution in [1.29, 1.82) is 0 Å². The maximum absolute atomic E-state index is 14.0. The van der Waals surface area contributed by atoms with E-state index in [9.17, 15) is 19.5 Å². The highest BCUT2D eigenvalue weighted by molar-refractivity contribution is 5.78. The minimum atomic E-state index is -1.18. The van der Waals surface area contributed by atoms with E-state index in [0.29, 0.717) is 19.3 Å². The second-order valence-electron chi connectivity index (χ2n) is 19.0. The first-order valence-electron chi connectivity index (χ1n) is 27.0. The van der Waals surface area contributed by atoms with Crippen LogP contribution in [0.2, 0.25) is 0 Å². The molecule has 2 rings (SSSR count). The van der Waals surface area contributed by atoms with Crippen LogP contribution in [-0.4, -0.2) is 59.7 Å². The molecule has 2 N–H and O–H groups in total. The van der Waals surface area contributed by atoms with E-state index in [-0.39, 0.29) is 31.3 Å². The number of rotatable bonds is 42. The van der Waals surface area contributed by atoms with Crippen molar-refractivity contribution in [3.8, 4) is 0 Å². The Kier molecular flexibility index (Phi) is 35.7. The summed E-state index contributed by atoms with van der Waals surface area (Å²) in [5.74, 6) is -1.03. The lowest BCUT2D eigenvalue weighted by Gasteiger charge is -2.43. The van der Waals surface area contributed by atoms with Gasteiger partial charge >= 0.3 is 11.9 Å². The van der Waals surface area contributed by atoms with Gasteiger partial charge in [0.1, 0.15) is 18.2 Å². The summed E-state index contributed by atoms with van der Waals surface area (Å²) in [6.07, 6.45) is 33.4. The van der Waals surface area contributed by atoms with E-state index in [1.54, 1.807) is 6.92 Å². The minimum Gasteiger partial charge on any atom is -0.462 e. The van der Waals surface area contributed by atoms with Gasteiger partial charge in [0, 0.05) is 12.8 Å². The number of ether oxygens (including phenoxy) is 4. The van der Waals surface area contributed by atoms with Crippen LogP contribution in [-0.2, 0) is 39.9 Å². The third-order valence-corrected chi connectivity index (χ3v) is 13.0. The van der Waals surface area contributed by atoms with Crippen LogP contribution in [0.25, 0.3) is 0 Å². The lowest BCUT2D eigenvalue weighted by molar-refractivity contribution is -0.268. The molecule has 1 aromatic carbocycles. The molecule has 1 aromatic rings. The first kappa shape index (κ1) is 57.6. The van der Waals surface area contributed by atoms with Crippen molar-refractivity contribution < 1.29 is 38.4 Å². The average Bonchev–Trinajstić information content (AvgIpc) is 3.29. The number of nitrogens with one attached hydrogen (secondary N) is 1. The Bertz CT molecular complexity index is 1260. The SMILES string of the molecule is CCCCCCCCCCCCCC(=O)O[C@@H](CCCCCCCCCCC)CC(=O)N[C@H]1[C@H](OCc2ccccc2)O[C@H](C)[C@@H](O)[C@@H]1OC(=O)CCCCCCCCCCCCC. The van der Waals surface area contributed by atoms with E-state index in [2.05, 4.69) is 26.1 Å². The normalized spacial score (nSPS) is 19.0. The number of esters is 2. The smallest absolute Gasteiger partial charge is 0.306 e. The predicted molar refractivity (Wildman–Crippen MR) is 262 cm³/mol. The van der Waals surface area contributed by atoms with Gasteiger partial charge in [-0.1, -0.05) is 231 Å². The highest BCUT2D eigenvalue weighted by Gasteiger charge is 2.47. The molecule has 9 heteroatoms. The Morgan fingerprint density at radius 3 is 1.48 bits per heavy atom. The van der Waals surface area contributed by atoms with Crippen molar-refractivity contribution in [1.82, 2.24) is 5.32 Å². The molecular weight excluding hydrogens is 803 g/mol. The number of benzene rings is 1. The monoisotopic (exact) mass is 900 g/mol. The molecule has 0 unspecified atom stereocenters. The maximum atomic E-state index is 14.0. The average molecular weight is 900 g/mol. The van der Waals surface area contributed by atoms with Crippen LogP contribution in [0.1, 0.15) is 258 Å². The van der Waals surface area contributed by atoms with Gasteiger partial charge in [-0.05, 0) is 38.2 Å². The van der Waals surface area contributed by atoms with Gasteiger partial charge in [-0.25, -0.2) is 0 Å². The molecule has 370 valence electrons. The summed E-state index contributed by atoms with van der Waals surface area (Å²) in [4.78, 5) is 40.5. The standard InChI is InChI=1S/C55H97NO8/c1-5-8-11-14-17-20-22-25-28-31-37-42-50(58)63-48(41-36-30-27-24-19-16-13-10-7-3)44-49(57)56-52-54(53(60)46(4)62-55(52)61-45-47-39-34-33-35-40-47)64-51(59)43-38-32-29-26-23-21-18-15-12-9-6-2/h33-35,39-40,46,48,52-55,60H,5-32,36-38,41-45H2,1-4H3,(H,56,57)/t46-,48+,52-,53-,54-,55-/m1/s1. The largest absolute Gasteiger partial charge is 0.462 e. The summed E-state index contributed by atoms with van der Waals surface area (Å²) in [5, 5.41) is 14.4.